The maximum atomic E-state index is 11.0. The van der Waals surface area contributed by atoms with Gasteiger partial charge >= 0.3 is 5.97 Å². The third-order valence-electron chi connectivity index (χ3n) is 1.51. The molecular formula is C8H16ClNO2S. The number of carbonyl (C=O) groups is 1. The third kappa shape index (κ3) is 6.18. The highest BCUT2D eigenvalue weighted by atomic mass is 35.7. The molecule has 0 aromatic heterocycles. The zero-order valence-electron chi connectivity index (χ0n) is 8.25. The molecule has 0 aliphatic rings. The second kappa shape index (κ2) is 7.47. The van der Waals surface area contributed by atoms with Gasteiger partial charge in [0, 0.05) is 23.7 Å². The molecule has 0 aromatic rings. The minimum atomic E-state index is -0.168. The zero-order valence-corrected chi connectivity index (χ0v) is 9.82. The first-order valence-electron chi connectivity index (χ1n) is 4.32. The van der Waals surface area contributed by atoms with Crippen LogP contribution in [0.4, 0.5) is 0 Å². The van der Waals surface area contributed by atoms with Crippen LogP contribution in [0.1, 0.15) is 27.2 Å². The highest BCUT2D eigenvalue weighted by Gasteiger charge is 2.11. The summed E-state index contributed by atoms with van der Waals surface area (Å²) in [5.74, 6) is -0.168. The Kier molecular flexibility index (Phi) is 7.51. The topological polar surface area (TPSA) is 29.5 Å². The van der Waals surface area contributed by atoms with Crippen LogP contribution in [-0.2, 0) is 9.53 Å². The van der Waals surface area contributed by atoms with Crippen LogP contribution in [0.25, 0.3) is 0 Å². The van der Waals surface area contributed by atoms with E-state index in [0.717, 1.165) is 11.2 Å². The van der Waals surface area contributed by atoms with Crippen LogP contribution in [0, 0.1) is 0 Å². The van der Waals surface area contributed by atoms with Gasteiger partial charge in [-0.05, 0) is 31.5 Å². The zero-order chi connectivity index (χ0) is 10.3. The fourth-order valence-corrected chi connectivity index (χ4v) is 1.81. The summed E-state index contributed by atoms with van der Waals surface area (Å²) in [6.07, 6.45) is 0.395. The smallest absolute Gasteiger partial charge is 0.307 e. The number of hydrogen-bond acceptors (Lipinski definition) is 4. The number of esters is 1. The Morgan fingerprint density at radius 2 is 2.23 bits per heavy atom. The molecule has 0 radical (unpaired) electrons. The van der Waals surface area contributed by atoms with Gasteiger partial charge in [-0.25, -0.2) is 4.31 Å². The number of nitrogens with zero attached hydrogens (tertiary/aromatic N) is 1. The Morgan fingerprint density at radius 1 is 1.62 bits per heavy atom. The van der Waals surface area contributed by atoms with Crippen LogP contribution in [0.5, 0.6) is 0 Å². The molecule has 0 atom stereocenters. The van der Waals surface area contributed by atoms with E-state index in [9.17, 15) is 4.79 Å². The van der Waals surface area contributed by atoms with E-state index in [1.54, 1.807) is 6.92 Å². The molecule has 0 unspecified atom stereocenters. The third-order valence-corrected chi connectivity index (χ3v) is 2.82. The second-order valence-corrected chi connectivity index (χ2v) is 3.88. The van der Waals surface area contributed by atoms with Gasteiger partial charge in [-0.2, -0.15) is 0 Å². The molecule has 0 bridgehead atoms. The molecule has 0 fully saturated rings. The first-order chi connectivity index (χ1) is 6.11. The molecule has 3 nitrogen and oxygen atoms in total. The van der Waals surface area contributed by atoms with Gasteiger partial charge in [-0.3, -0.25) is 4.79 Å². The lowest BCUT2D eigenvalue weighted by molar-refractivity contribution is -0.143. The van der Waals surface area contributed by atoms with Crippen molar-refractivity contribution in [3.05, 3.63) is 0 Å². The quantitative estimate of drug-likeness (QED) is 0.513. The molecule has 0 aliphatic heterocycles. The fraction of sp³-hybridized carbons (Fsp3) is 0.875. The van der Waals surface area contributed by atoms with Crippen LogP contribution in [0.3, 0.4) is 0 Å². The van der Waals surface area contributed by atoms with Gasteiger partial charge in [0.05, 0.1) is 13.0 Å². The molecule has 0 rings (SSSR count). The highest BCUT2D eigenvalue weighted by molar-refractivity contribution is 8.19. The molecule has 0 amide bonds. The first-order valence-corrected chi connectivity index (χ1v) is 5.92. The van der Waals surface area contributed by atoms with Crippen LogP contribution >= 0.6 is 21.8 Å². The lowest BCUT2D eigenvalue weighted by atomic mass is 10.3. The van der Waals surface area contributed by atoms with E-state index in [1.807, 2.05) is 18.2 Å². The van der Waals surface area contributed by atoms with Crippen molar-refractivity contribution >= 4 is 27.8 Å². The Hall–Kier alpha value is 0.0700. The van der Waals surface area contributed by atoms with Gasteiger partial charge in [-0.1, -0.05) is 0 Å². The van der Waals surface area contributed by atoms with E-state index in [-0.39, 0.29) is 5.97 Å². The molecular weight excluding hydrogens is 210 g/mol. The summed E-state index contributed by atoms with van der Waals surface area (Å²) in [7, 11) is 5.61. The van der Waals surface area contributed by atoms with Crippen molar-refractivity contribution < 1.29 is 9.53 Å². The SMILES string of the molecule is CCOC(=O)CCN(SCl)C(C)C. The van der Waals surface area contributed by atoms with Crippen molar-refractivity contribution in [3.63, 3.8) is 0 Å². The average Bonchev–Trinajstić information content (AvgIpc) is 2.05. The summed E-state index contributed by atoms with van der Waals surface area (Å²) in [4.78, 5) is 11.0. The van der Waals surface area contributed by atoms with E-state index in [4.69, 9.17) is 15.4 Å². The average molecular weight is 226 g/mol. The molecule has 78 valence electrons. The van der Waals surface area contributed by atoms with Crippen molar-refractivity contribution in [3.8, 4) is 0 Å². The number of halogens is 1. The van der Waals surface area contributed by atoms with Gasteiger partial charge in [0.1, 0.15) is 0 Å². The van der Waals surface area contributed by atoms with Gasteiger partial charge in [0.25, 0.3) is 0 Å². The largest absolute Gasteiger partial charge is 0.466 e. The van der Waals surface area contributed by atoms with Gasteiger partial charge in [0.2, 0.25) is 0 Å². The van der Waals surface area contributed by atoms with Crippen LogP contribution < -0.4 is 0 Å². The monoisotopic (exact) mass is 225 g/mol. The van der Waals surface area contributed by atoms with Crippen molar-refractivity contribution in [1.29, 1.82) is 0 Å². The lowest BCUT2D eigenvalue weighted by Crippen LogP contribution is -2.25. The normalized spacial score (nSPS) is 10.9. The molecule has 5 heteroatoms. The highest BCUT2D eigenvalue weighted by Crippen LogP contribution is 2.18. The van der Waals surface area contributed by atoms with Gasteiger partial charge in [-0.15, -0.1) is 0 Å². The van der Waals surface area contributed by atoms with E-state index < -0.39 is 0 Å². The summed E-state index contributed by atoms with van der Waals surface area (Å²) in [5, 5.41) is 0. The van der Waals surface area contributed by atoms with Crippen LogP contribution in [0.15, 0.2) is 0 Å². The lowest BCUT2D eigenvalue weighted by Gasteiger charge is -2.20. The van der Waals surface area contributed by atoms with E-state index in [0.29, 0.717) is 25.6 Å². The number of carbonyl (C=O) groups excluding carboxylic acids is 1. The van der Waals surface area contributed by atoms with E-state index in [1.165, 1.54) is 0 Å². The Labute approximate surface area is 88.4 Å². The molecule has 0 aliphatic carbocycles. The maximum Gasteiger partial charge on any atom is 0.307 e. The van der Waals surface area contributed by atoms with Crippen LogP contribution in [0.2, 0.25) is 0 Å². The van der Waals surface area contributed by atoms with Crippen molar-refractivity contribution in [2.75, 3.05) is 13.2 Å². The molecule has 0 N–H and O–H groups in total. The predicted molar refractivity (Wildman–Crippen MR) is 56.5 cm³/mol. The standard InChI is InChI=1S/C8H16ClNO2S/c1-4-12-8(11)5-6-10(13-9)7(2)3/h7H,4-6H2,1-3H3. The predicted octanol–water partition coefficient (Wildman–Crippen LogP) is 2.45. The number of ether oxygens (including phenoxy) is 1. The number of hydrogen-bond donors (Lipinski definition) is 0. The minimum Gasteiger partial charge on any atom is -0.466 e. The van der Waals surface area contributed by atoms with E-state index in [2.05, 4.69) is 0 Å². The summed E-state index contributed by atoms with van der Waals surface area (Å²) in [5.41, 5.74) is 0. The number of rotatable bonds is 6. The second-order valence-electron chi connectivity index (χ2n) is 2.86. The molecule has 0 heterocycles. The minimum absolute atomic E-state index is 0.168. The Bertz CT molecular complexity index is 155. The first kappa shape index (κ1) is 13.1. The fourth-order valence-electron chi connectivity index (χ4n) is 0.807. The van der Waals surface area contributed by atoms with E-state index >= 15 is 0 Å². The van der Waals surface area contributed by atoms with Gasteiger partial charge in [0.15, 0.2) is 0 Å². The van der Waals surface area contributed by atoms with Crippen LogP contribution in [-0.4, -0.2) is 29.5 Å². The Morgan fingerprint density at radius 3 is 2.62 bits per heavy atom. The summed E-state index contributed by atoms with van der Waals surface area (Å²) in [6.45, 7) is 6.93. The summed E-state index contributed by atoms with van der Waals surface area (Å²) >= 11 is 1.14. The molecule has 0 saturated carbocycles. The van der Waals surface area contributed by atoms with Crippen molar-refractivity contribution in [2.45, 2.75) is 33.2 Å². The molecule has 0 aromatic carbocycles. The molecule has 13 heavy (non-hydrogen) atoms. The van der Waals surface area contributed by atoms with Crippen molar-refractivity contribution in [2.24, 2.45) is 0 Å². The molecule has 0 saturated heterocycles. The Balaban J connectivity index is 3.65. The molecule has 0 spiro atoms. The summed E-state index contributed by atoms with van der Waals surface area (Å²) < 4.78 is 6.73. The summed E-state index contributed by atoms with van der Waals surface area (Å²) in [6, 6.07) is 0.330. The van der Waals surface area contributed by atoms with Gasteiger partial charge < -0.3 is 4.74 Å². The van der Waals surface area contributed by atoms with Crippen molar-refractivity contribution in [1.82, 2.24) is 4.31 Å². The maximum absolute atomic E-state index is 11.0.